The summed E-state index contributed by atoms with van der Waals surface area (Å²) in [6, 6.07) is 13.3. The van der Waals surface area contributed by atoms with Gasteiger partial charge in [0.15, 0.2) is 0 Å². The third kappa shape index (κ3) is 3.57. The molecule has 0 fully saturated rings. The van der Waals surface area contributed by atoms with Gasteiger partial charge in [0.05, 0.1) is 15.6 Å². The summed E-state index contributed by atoms with van der Waals surface area (Å²) in [6.07, 6.45) is 0. The Morgan fingerprint density at radius 2 is 1.65 bits per heavy atom. The van der Waals surface area contributed by atoms with Gasteiger partial charge in [-0.2, -0.15) is 0 Å². The highest BCUT2D eigenvalue weighted by atomic mass is 35.5. The van der Waals surface area contributed by atoms with Gasteiger partial charge in [-0.15, -0.1) is 11.3 Å². The molecule has 0 saturated heterocycles. The molecule has 6 heteroatoms. The quantitative estimate of drug-likeness (QED) is 0.655. The third-order valence-electron chi connectivity index (χ3n) is 3.14. The van der Waals surface area contributed by atoms with E-state index in [1.165, 1.54) is 35.6 Å². The molecule has 0 radical (unpaired) electrons. The normalized spacial score (nSPS) is 10.6. The van der Waals surface area contributed by atoms with Crippen LogP contribution >= 0.6 is 22.9 Å². The lowest BCUT2D eigenvalue weighted by molar-refractivity contribution is 0.103. The molecule has 2 aromatic carbocycles. The Labute approximate surface area is 140 Å². The molecule has 0 aliphatic rings. The zero-order chi connectivity index (χ0) is 16.4. The van der Waals surface area contributed by atoms with Gasteiger partial charge in [0, 0.05) is 4.88 Å². The van der Waals surface area contributed by atoms with Gasteiger partial charge in [-0.25, -0.2) is 8.78 Å². The highest BCUT2D eigenvalue weighted by molar-refractivity contribution is 7.17. The fourth-order valence-electron chi connectivity index (χ4n) is 2.00. The van der Waals surface area contributed by atoms with Crippen LogP contribution in [0.3, 0.4) is 0 Å². The van der Waals surface area contributed by atoms with Crippen molar-refractivity contribution in [2.45, 2.75) is 0 Å². The zero-order valence-corrected chi connectivity index (χ0v) is 13.2. The first kappa shape index (κ1) is 15.6. The predicted octanol–water partition coefficient (Wildman–Crippen LogP) is 5.60. The predicted molar refractivity (Wildman–Crippen MR) is 89.1 cm³/mol. The molecular formula is C17H10ClF2NOS. The summed E-state index contributed by atoms with van der Waals surface area (Å²) in [6.45, 7) is 0. The Bertz CT molecular complexity index is 861. The van der Waals surface area contributed by atoms with E-state index in [1.807, 2.05) is 0 Å². The van der Waals surface area contributed by atoms with E-state index < -0.39 is 5.82 Å². The highest BCUT2D eigenvalue weighted by Crippen LogP contribution is 2.29. The third-order valence-corrected chi connectivity index (χ3v) is 4.58. The number of carbonyl (C=O) groups is 1. The monoisotopic (exact) mass is 349 g/mol. The molecule has 3 aromatic rings. The van der Waals surface area contributed by atoms with E-state index in [2.05, 4.69) is 5.32 Å². The number of rotatable bonds is 3. The van der Waals surface area contributed by atoms with Gasteiger partial charge in [-0.3, -0.25) is 4.79 Å². The number of benzene rings is 2. The fourth-order valence-corrected chi connectivity index (χ4v) is 3.13. The van der Waals surface area contributed by atoms with E-state index in [4.69, 9.17) is 11.6 Å². The van der Waals surface area contributed by atoms with Crippen LogP contribution in [0.25, 0.3) is 10.4 Å². The van der Waals surface area contributed by atoms with Crippen LogP contribution in [0.4, 0.5) is 14.5 Å². The maximum absolute atomic E-state index is 13.0. The Kier molecular flexibility index (Phi) is 4.41. The van der Waals surface area contributed by atoms with Crippen LogP contribution in [0.15, 0.2) is 54.6 Å². The summed E-state index contributed by atoms with van der Waals surface area (Å²) < 4.78 is 25.9. The van der Waals surface area contributed by atoms with Crippen molar-refractivity contribution in [3.63, 3.8) is 0 Å². The summed E-state index contributed by atoms with van der Waals surface area (Å²) in [7, 11) is 0. The van der Waals surface area contributed by atoms with Crippen molar-refractivity contribution in [2.75, 3.05) is 5.32 Å². The second kappa shape index (κ2) is 6.48. The van der Waals surface area contributed by atoms with Crippen LogP contribution in [-0.2, 0) is 0 Å². The first-order valence-electron chi connectivity index (χ1n) is 6.65. The van der Waals surface area contributed by atoms with Gasteiger partial charge in [0.2, 0.25) is 0 Å². The molecule has 0 unspecified atom stereocenters. The number of anilines is 1. The maximum Gasteiger partial charge on any atom is 0.265 e. The van der Waals surface area contributed by atoms with E-state index in [0.29, 0.717) is 10.6 Å². The largest absolute Gasteiger partial charge is 0.320 e. The van der Waals surface area contributed by atoms with Crippen LogP contribution in [0, 0.1) is 11.6 Å². The second-order valence-electron chi connectivity index (χ2n) is 4.75. The first-order valence-corrected chi connectivity index (χ1v) is 7.84. The van der Waals surface area contributed by atoms with Crippen molar-refractivity contribution < 1.29 is 13.6 Å². The molecule has 0 saturated carbocycles. The molecule has 2 nitrogen and oxygen atoms in total. The minimum atomic E-state index is -0.470. The molecule has 23 heavy (non-hydrogen) atoms. The van der Waals surface area contributed by atoms with E-state index in [-0.39, 0.29) is 16.7 Å². The van der Waals surface area contributed by atoms with Gasteiger partial charge in [0.1, 0.15) is 11.6 Å². The molecule has 0 spiro atoms. The van der Waals surface area contributed by atoms with E-state index in [9.17, 15) is 13.6 Å². The Morgan fingerprint density at radius 1 is 0.957 bits per heavy atom. The zero-order valence-electron chi connectivity index (χ0n) is 11.6. The summed E-state index contributed by atoms with van der Waals surface area (Å²) >= 11 is 7.17. The molecule has 0 atom stereocenters. The minimum absolute atomic E-state index is 0.133. The number of thiophene rings is 1. The van der Waals surface area contributed by atoms with Crippen LogP contribution in [0.2, 0.25) is 5.02 Å². The molecule has 0 aliphatic carbocycles. The molecular weight excluding hydrogens is 340 g/mol. The minimum Gasteiger partial charge on any atom is -0.320 e. The average Bonchev–Trinajstić information content (AvgIpc) is 3.01. The number of amides is 1. The van der Waals surface area contributed by atoms with Crippen molar-refractivity contribution in [3.8, 4) is 10.4 Å². The Balaban J connectivity index is 1.79. The molecule has 1 aromatic heterocycles. The smallest absolute Gasteiger partial charge is 0.265 e. The van der Waals surface area contributed by atoms with Crippen molar-refractivity contribution in [1.29, 1.82) is 0 Å². The summed E-state index contributed by atoms with van der Waals surface area (Å²) in [5, 5.41) is 2.77. The summed E-state index contributed by atoms with van der Waals surface area (Å²) in [4.78, 5) is 13.6. The van der Waals surface area contributed by atoms with Gasteiger partial charge in [-0.05, 0) is 48.0 Å². The molecule has 0 aliphatic heterocycles. The SMILES string of the molecule is O=C(Nc1ccc(F)cc1Cl)c1ccc(-c2ccc(F)cc2)s1. The number of hydrogen-bond acceptors (Lipinski definition) is 2. The standard InChI is InChI=1S/C17H10ClF2NOS/c18-13-9-12(20)5-6-14(13)21-17(22)16-8-7-15(23-16)10-1-3-11(19)4-2-10/h1-9H,(H,21,22). The molecule has 1 heterocycles. The van der Waals surface area contributed by atoms with Gasteiger partial charge in [-0.1, -0.05) is 23.7 Å². The second-order valence-corrected chi connectivity index (χ2v) is 6.24. The molecule has 1 N–H and O–H groups in total. The Hall–Kier alpha value is -2.24. The van der Waals surface area contributed by atoms with E-state index in [0.717, 1.165) is 16.5 Å². The van der Waals surface area contributed by atoms with Gasteiger partial charge < -0.3 is 5.32 Å². The topological polar surface area (TPSA) is 29.1 Å². The van der Waals surface area contributed by atoms with Crippen molar-refractivity contribution in [3.05, 3.63) is 76.1 Å². The molecule has 116 valence electrons. The number of hydrogen-bond donors (Lipinski definition) is 1. The fraction of sp³-hybridized carbons (Fsp3) is 0. The van der Waals surface area contributed by atoms with Crippen molar-refractivity contribution in [1.82, 2.24) is 0 Å². The molecule has 1 amide bonds. The van der Waals surface area contributed by atoms with Gasteiger partial charge in [0.25, 0.3) is 5.91 Å². The van der Waals surface area contributed by atoms with E-state index in [1.54, 1.807) is 24.3 Å². The number of halogens is 3. The van der Waals surface area contributed by atoms with Crippen LogP contribution in [0.5, 0.6) is 0 Å². The summed E-state index contributed by atoms with van der Waals surface area (Å²) in [5.74, 6) is -1.12. The average molecular weight is 350 g/mol. The highest BCUT2D eigenvalue weighted by Gasteiger charge is 2.12. The summed E-state index contributed by atoms with van der Waals surface area (Å²) in [5.41, 5.74) is 1.17. The first-order chi connectivity index (χ1) is 11.0. The maximum atomic E-state index is 13.0. The van der Waals surface area contributed by atoms with Crippen LogP contribution < -0.4 is 5.32 Å². The van der Waals surface area contributed by atoms with Crippen LogP contribution in [-0.4, -0.2) is 5.91 Å². The van der Waals surface area contributed by atoms with Crippen molar-refractivity contribution >= 4 is 34.5 Å². The lowest BCUT2D eigenvalue weighted by Crippen LogP contribution is -2.10. The Morgan fingerprint density at radius 3 is 2.35 bits per heavy atom. The lowest BCUT2D eigenvalue weighted by Gasteiger charge is -2.05. The molecule has 3 rings (SSSR count). The molecule has 0 bridgehead atoms. The van der Waals surface area contributed by atoms with Crippen LogP contribution in [0.1, 0.15) is 9.67 Å². The lowest BCUT2D eigenvalue weighted by atomic mass is 10.2. The number of nitrogens with one attached hydrogen (secondary N) is 1. The number of carbonyl (C=O) groups excluding carboxylic acids is 1. The van der Waals surface area contributed by atoms with Gasteiger partial charge >= 0.3 is 0 Å². The van der Waals surface area contributed by atoms with Crippen molar-refractivity contribution in [2.24, 2.45) is 0 Å². The van der Waals surface area contributed by atoms with E-state index >= 15 is 0 Å².